The predicted octanol–water partition coefficient (Wildman–Crippen LogP) is 4.39. The number of hydrogen-bond acceptors (Lipinski definition) is 6. The van der Waals surface area contributed by atoms with Gasteiger partial charge in [-0.25, -0.2) is 4.39 Å². The number of nitrogens with zero attached hydrogens (tertiary/aromatic N) is 3. The number of non-ortho nitro benzene ring substituents is 1. The number of carbonyl (C=O) groups excluding carboxylic acids is 1. The molecule has 31 heavy (non-hydrogen) atoms. The van der Waals surface area contributed by atoms with Crippen LogP contribution in [0.1, 0.15) is 52.9 Å². The average Bonchev–Trinajstić information content (AvgIpc) is 2.72. The van der Waals surface area contributed by atoms with Crippen LogP contribution in [0, 0.1) is 27.8 Å². The third kappa shape index (κ3) is 6.63. The van der Waals surface area contributed by atoms with Crippen LogP contribution >= 0.6 is 0 Å². The Balaban J connectivity index is 1.39. The van der Waals surface area contributed by atoms with E-state index in [1.54, 1.807) is 0 Å². The van der Waals surface area contributed by atoms with Crippen molar-refractivity contribution in [1.29, 1.82) is 0 Å². The number of piperidine rings is 2. The molecule has 2 fully saturated rings. The first-order valence-corrected chi connectivity index (χ1v) is 11.3. The van der Waals surface area contributed by atoms with E-state index in [-0.39, 0.29) is 17.6 Å². The van der Waals surface area contributed by atoms with Gasteiger partial charge in [0.25, 0.3) is 5.69 Å². The van der Waals surface area contributed by atoms with E-state index in [0.717, 1.165) is 70.9 Å². The standard InChI is InChI=1S/C23H34FN3O4/c1-23(2,3)31-22(28)18-9-12-25(13-10-18)11-6-17-7-14-26(15-8-17)21-5-4-19(27(29)30)16-20(21)24/h4-5,16-18H,6-15H2,1-3H3. The van der Waals surface area contributed by atoms with Crippen LogP contribution in [0.4, 0.5) is 15.8 Å². The molecule has 0 saturated carbocycles. The summed E-state index contributed by atoms with van der Waals surface area (Å²) in [5.41, 5.74) is -0.194. The highest BCUT2D eigenvalue weighted by molar-refractivity contribution is 5.73. The number of carbonyl (C=O) groups is 1. The third-order valence-corrected chi connectivity index (χ3v) is 6.28. The molecule has 0 aliphatic carbocycles. The van der Waals surface area contributed by atoms with Crippen LogP contribution in [0.2, 0.25) is 0 Å². The monoisotopic (exact) mass is 435 g/mol. The molecule has 1 aromatic carbocycles. The maximum atomic E-state index is 14.3. The lowest BCUT2D eigenvalue weighted by Crippen LogP contribution is -2.40. The quantitative estimate of drug-likeness (QED) is 0.375. The highest BCUT2D eigenvalue weighted by Gasteiger charge is 2.29. The number of nitro benzene ring substituents is 1. The Morgan fingerprint density at radius 1 is 1.16 bits per heavy atom. The van der Waals surface area contributed by atoms with Crippen molar-refractivity contribution in [3.05, 3.63) is 34.1 Å². The van der Waals surface area contributed by atoms with Gasteiger partial charge in [-0.3, -0.25) is 14.9 Å². The number of ether oxygens (including phenoxy) is 1. The number of rotatable bonds is 6. The highest BCUT2D eigenvalue weighted by Crippen LogP contribution is 2.30. The fraction of sp³-hybridized carbons (Fsp3) is 0.696. The van der Waals surface area contributed by atoms with Gasteiger partial charge >= 0.3 is 5.97 Å². The van der Waals surface area contributed by atoms with Crippen LogP contribution in [0.25, 0.3) is 0 Å². The summed E-state index contributed by atoms with van der Waals surface area (Å²) in [6.07, 6.45) is 4.79. The number of likely N-dealkylation sites (tertiary alicyclic amines) is 1. The summed E-state index contributed by atoms with van der Waals surface area (Å²) in [7, 11) is 0. The maximum absolute atomic E-state index is 14.3. The van der Waals surface area contributed by atoms with Crippen LogP contribution in [0.15, 0.2) is 18.2 Å². The van der Waals surface area contributed by atoms with Crippen LogP contribution < -0.4 is 4.90 Å². The van der Waals surface area contributed by atoms with Crippen molar-refractivity contribution in [1.82, 2.24) is 4.90 Å². The molecule has 172 valence electrons. The zero-order valence-electron chi connectivity index (χ0n) is 18.8. The van der Waals surface area contributed by atoms with E-state index in [1.807, 2.05) is 25.7 Å². The first kappa shape index (κ1) is 23.4. The van der Waals surface area contributed by atoms with Crippen molar-refractivity contribution in [3.63, 3.8) is 0 Å². The highest BCUT2D eigenvalue weighted by atomic mass is 19.1. The SMILES string of the molecule is CC(C)(C)OC(=O)C1CCN(CCC2CCN(c3ccc([N+](=O)[O-])cc3F)CC2)CC1. The summed E-state index contributed by atoms with van der Waals surface area (Å²) in [5, 5.41) is 10.8. The second kappa shape index (κ2) is 9.94. The molecule has 1 aromatic rings. The summed E-state index contributed by atoms with van der Waals surface area (Å²) in [6.45, 7) is 10.1. The lowest BCUT2D eigenvalue weighted by atomic mass is 9.91. The first-order chi connectivity index (χ1) is 14.6. The van der Waals surface area contributed by atoms with Crippen molar-refractivity contribution in [2.24, 2.45) is 11.8 Å². The molecule has 0 aromatic heterocycles. The predicted molar refractivity (Wildman–Crippen MR) is 118 cm³/mol. The molecule has 0 radical (unpaired) electrons. The lowest BCUT2D eigenvalue weighted by Gasteiger charge is -2.36. The van der Waals surface area contributed by atoms with E-state index >= 15 is 0 Å². The molecule has 7 nitrogen and oxygen atoms in total. The Labute approximate surface area is 183 Å². The van der Waals surface area contributed by atoms with Gasteiger partial charge < -0.3 is 14.5 Å². The fourth-order valence-electron chi connectivity index (χ4n) is 4.47. The van der Waals surface area contributed by atoms with Crippen LogP contribution in [-0.2, 0) is 9.53 Å². The van der Waals surface area contributed by atoms with Crippen molar-refractivity contribution in [2.45, 2.75) is 58.5 Å². The molecular formula is C23H34FN3O4. The van der Waals surface area contributed by atoms with Crippen molar-refractivity contribution >= 4 is 17.3 Å². The van der Waals surface area contributed by atoms with Gasteiger partial charge in [-0.2, -0.15) is 0 Å². The maximum Gasteiger partial charge on any atom is 0.309 e. The Kier molecular flexibility index (Phi) is 7.51. The number of anilines is 1. The van der Waals surface area contributed by atoms with Crippen LogP contribution in [-0.4, -0.2) is 54.1 Å². The van der Waals surface area contributed by atoms with Crippen LogP contribution in [0.3, 0.4) is 0 Å². The molecule has 0 spiro atoms. The number of benzene rings is 1. The number of hydrogen-bond donors (Lipinski definition) is 0. The van der Waals surface area contributed by atoms with E-state index in [2.05, 4.69) is 4.90 Å². The van der Waals surface area contributed by atoms with Gasteiger partial charge in [-0.1, -0.05) is 0 Å². The Bertz CT molecular complexity index is 780. The van der Waals surface area contributed by atoms with E-state index in [9.17, 15) is 19.3 Å². The van der Waals surface area contributed by atoms with E-state index in [1.165, 1.54) is 12.1 Å². The second-order valence-electron chi connectivity index (χ2n) is 9.76. The van der Waals surface area contributed by atoms with E-state index in [4.69, 9.17) is 4.74 Å². The first-order valence-electron chi connectivity index (χ1n) is 11.3. The summed E-state index contributed by atoms with van der Waals surface area (Å²) in [4.78, 5) is 26.9. The van der Waals surface area contributed by atoms with Gasteiger partial charge in [0.15, 0.2) is 5.82 Å². The number of nitro groups is 1. The van der Waals surface area contributed by atoms with Gasteiger partial charge in [0.2, 0.25) is 0 Å². The normalized spacial score (nSPS) is 19.4. The minimum Gasteiger partial charge on any atom is -0.460 e. The average molecular weight is 436 g/mol. The minimum atomic E-state index is -0.574. The van der Waals surface area contributed by atoms with Crippen molar-refractivity contribution in [3.8, 4) is 0 Å². The topological polar surface area (TPSA) is 75.9 Å². The summed E-state index contributed by atoms with van der Waals surface area (Å²) in [5.74, 6) is 0.00903. The van der Waals surface area contributed by atoms with Gasteiger partial charge in [0, 0.05) is 19.2 Å². The summed E-state index contributed by atoms with van der Waals surface area (Å²) >= 11 is 0. The Morgan fingerprint density at radius 2 is 1.81 bits per heavy atom. The van der Waals surface area contributed by atoms with Crippen molar-refractivity contribution < 1.29 is 18.8 Å². The van der Waals surface area contributed by atoms with E-state index < -0.39 is 16.3 Å². The zero-order valence-corrected chi connectivity index (χ0v) is 18.8. The molecule has 0 atom stereocenters. The van der Waals surface area contributed by atoms with Gasteiger partial charge in [0.05, 0.1) is 22.6 Å². The summed E-state index contributed by atoms with van der Waals surface area (Å²) < 4.78 is 19.8. The molecule has 2 aliphatic rings. The Hall–Kier alpha value is -2.22. The smallest absolute Gasteiger partial charge is 0.309 e. The van der Waals surface area contributed by atoms with E-state index in [0.29, 0.717) is 11.6 Å². The van der Waals surface area contributed by atoms with Gasteiger partial charge in [-0.05, 0) is 84.5 Å². The molecule has 0 bridgehead atoms. The van der Waals surface area contributed by atoms with Gasteiger partial charge in [0.1, 0.15) is 5.60 Å². The molecular weight excluding hydrogens is 401 g/mol. The zero-order chi connectivity index (χ0) is 22.6. The second-order valence-corrected chi connectivity index (χ2v) is 9.76. The molecule has 0 N–H and O–H groups in total. The largest absolute Gasteiger partial charge is 0.460 e. The molecule has 2 heterocycles. The third-order valence-electron chi connectivity index (χ3n) is 6.28. The minimum absolute atomic E-state index is 0.00954. The van der Waals surface area contributed by atoms with Gasteiger partial charge in [-0.15, -0.1) is 0 Å². The fourth-order valence-corrected chi connectivity index (χ4v) is 4.47. The lowest BCUT2D eigenvalue weighted by molar-refractivity contribution is -0.385. The molecule has 0 amide bonds. The molecule has 8 heteroatoms. The number of halogens is 1. The molecule has 3 rings (SSSR count). The summed E-state index contributed by atoms with van der Waals surface area (Å²) in [6, 6.07) is 3.89. The Morgan fingerprint density at radius 3 is 2.35 bits per heavy atom. The number of esters is 1. The van der Waals surface area contributed by atoms with Crippen LogP contribution in [0.5, 0.6) is 0 Å². The molecule has 2 aliphatic heterocycles. The molecule has 0 unspecified atom stereocenters. The molecule has 2 saturated heterocycles. The van der Waals surface area contributed by atoms with Crippen molar-refractivity contribution in [2.75, 3.05) is 37.6 Å².